The van der Waals surface area contributed by atoms with Gasteiger partial charge in [0.25, 0.3) is 0 Å². The fraction of sp³-hybridized carbons (Fsp3) is 0.474. The Morgan fingerprint density at radius 3 is 2.26 bits per heavy atom. The fourth-order valence-electron chi connectivity index (χ4n) is 7.55. The van der Waals surface area contributed by atoms with Crippen LogP contribution >= 0.6 is 11.6 Å². The maximum atomic E-state index is 13.9. The number of hydrogen-bond acceptors (Lipinski definition) is 6. The molecular weight excluding hydrogens is 612 g/mol. The average Bonchev–Trinajstić information content (AvgIpc) is 3.06. The molecule has 1 saturated carbocycles. The molecule has 0 N–H and O–H groups in total. The van der Waals surface area contributed by atoms with Crippen LogP contribution < -0.4 is 19.3 Å². The van der Waals surface area contributed by atoms with Crippen LogP contribution in [0.1, 0.15) is 62.3 Å². The third-order valence-electron chi connectivity index (χ3n) is 10.1. The van der Waals surface area contributed by atoms with Gasteiger partial charge >= 0.3 is 0 Å². The lowest BCUT2D eigenvalue weighted by Gasteiger charge is -2.41. The van der Waals surface area contributed by atoms with Crippen molar-refractivity contribution in [3.63, 3.8) is 0 Å². The summed E-state index contributed by atoms with van der Waals surface area (Å²) in [5.74, 6) is 2.19. The minimum Gasteiger partial charge on any atom is -0.492 e. The number of rotatable bonds is 9. The molecule has 0 aromatic heterocycles. The normalized spacial score (nSPS) is 22.0. The van der Waals surface area contributed by atoms with Gasteiger partial charge in [-0.05, 0) is 99.0 Å². The summed E-state index contributed by atoms with van der Waals surface area (Å²) in [5.41, 5.74) is 4.77. The Morgan fingerprint density at radius 2 is 1.62 bits per heavy atom. The predicted molar refractivity (Wildman–Crippen MR) is 188 cm³/mol. The molecule has 2 amide bonds. The smallest absolute Gasteiger partial charge is 0.236 e. The summed E-state index contributed by atoms with van der Waals surface area (Å²) in [6.45, 7) is 7.33. The van der Waals surface area contributed by atoms with E-state index in [2.05, 4.69) is 41.1 Å². The summed E-state index contributed by atoms with van der Waals surface area (Å²) in [6, 6.07) is 20.0. The van der Waals surface area contributed by atoms with Crippen LogP contribution in [0.2, 0.25) is 5.02 Å². The zero-order valence-corrected chi connectivity index (χ0v) is 29.0. The molecule has 6 rings (SSSR count). The minimum absolute atomic E-state index is 0.0249. The van der Waals surface area contributed by atoms with Crippen molar-refractivity contribution >= 4 is 34.8 Å². The van der Waals surface area contributed by atoms with Crippen LogP contribution in [0.25, 0.3) is 0 Å². The monoisotopic (exact) mass is 658 g/mol. The van der Waals surface area contributed by atoms with Gasteiger partial charge in [-0.2, -0.15) is 0 Å². The van der Waals surface area contributed by atoms with E-state index < -0.39 is 6.04 Å². The van der Waals surface area contributed by atoms with Crippen molar-refractivity contribution < 1.29 is 19.1 Å². The van der Waals surface area contributed by atoms with E-state index in [1.165, 1.54) is 12.8 Å². The molecule has 3 aromatic rings. The zero-order chi connectivity index (χ0) is 33.2. The number of benzene rings is 3. The SMILES string of the molecule is COc1c(OC(C)C)ccc2c1[C@H](c1ccc(Cl)cc1)N(c1ccc(N(C)CC3CCC(N4CCN(C)C(=O)C4)CC3)cc1)C(=O)C2. The zero-order valence-electron chi connectivity index (χ0n) is 28.2. The van der Waals surface area contributed by atoms with Gasteiger partial charge < -0.3 is 24.2 Å². The standard InChI is InChI=1S/C38H47ClN4O4/c1-25(2)47-33-19-10-28-22-34(44)43(37(36(28)38(33)46-5)27-8-11-29(39)12-9-27)32-17-15-30(16-18-32)41(4)23-26-6-13-31(14-7-26)42-21-20-40(3)35(45)24-42/h8-12,15-19,25-26,31,37H,6-7,13-14,20-24H2,1-5H3/t26?,31?,37-/m0/s1. The van der Waals surface area contributed by atoms with Crippen molar-refractivity contribution in [2.75, 3.05) is 57.2 Å². The topological polar surface area (TPSA) is 65.6 Å². The molecule has 3 aliphatic rings. The second kappa shape index (κ2) is 14.2. The molecule has 250 valence electrons. The van der Waals surface area contributed by atoms with Crippen LogP contribution in [0.4, 0.5) is 11.4 Å². The lowest BCUT2D eigenvalue weighted by atomic mass is 9.84. The van der Waals surface area contributed by atoms with Crippen molar-refractivity contribution in [3.8, 4) is 11.5 Å². The first-order valence-electron chi connectivity index (χ1n) is 16.9. The fourth-order valence-corrected chi connectivity index (χ4v) is 7.67. The molecule has 2 fully saturated rings. The summed E-state index contributed by atoms with van der Waals surface area (Å²) in [4.78, 5) is 34.6. The highest BCUT2D eigenvalue weighted by Gasteiger charge is 2.38. The lowest BCUT2D eigenvalue weighted by molar-refractivity contribution is -0.135. The second-order valence-electron chi connectivity index (χ2n) is 13.6. The molecule has 9 heteroatoms. The van der Waals surface area contributed by atoms with Gasteiger partial charge in [0.1, 0.15) is 0 Å². The third kappa shape index (κ3) is 7.09. The van der Waals surface area contributed by atoms with E-state index in [1.807, 2.05) is 67.1 Å². The molecule has 0 radical (unpaired) electrons. The number of amides is 2. The highest BCUT2D eigenvalue weighted by Crippen LogP contribution is 2.47. The molecule has 2 aliphatic heterocycles. The molecule has 1 aliphatic carbocycles. The number of nitrogens with zero attached hydrogens (tertiary/aromatic N) is 4. The molecule has 3 aromatic carbocycles. The Bertz CT molecular complexity index is 1570. The van der Waals surface area contributed by atoms with Crippen LogP contribution in [-0.4, -0.2) is 81.1 Å². The van der Waals surface area contributed by atoms with Crippen LogP contribution in [0.15, 0.2) is 60.7 Å². The van der Waals surface area contributed by atoms with Crippen LogP contribution in [-0.2, 0) is 16.0 Å². The average molecular weight is 659 g/mol. The summed E-state index contributed by atoms with van der Waals surface area (Å²) < 4.78 is 12.1. The van der Waals surface area contributed by atoms with Gasteiger partial charge in [-0.1, -0.05) is 29.8 Å². The van der Waals surface area contributed by atoms with Crippen LogP contribution in [0, 0.1) is 5.92 Å². The number of carbonyl (C=O) groups excluding carboxylic acids is 2. The Labute approximate surface area is 284 Å². The van der Waals surface area contributed by atoms with Gasteiger partial charge in [0.05, 0.1) is 32.2 Å². The Morgan fingerprint density at radius 1 is 0.915 bits per heavy atom. The minimum atomic E-state index is -0.413. The molecule has 0 spiro atoms. The number of halogens is 1. The predicted octanol–water partition coefficient (Wildman–Crippen LogP) is 6.58. The number of piperazine rings is 1. The van der Waals surface area contributed by atoms with E-state index in [9.17, 15) is 9.59 Å². The first kappa shape index (κ1) is 33.2. The molecule has 0 unspecified atom stereocenters. The van der Waals surface area contributed by atoms with Crippen molar-refractivity contribution in [2.45, 2.75) is 64.1 Å². The Balaban J connectivity index is 1.21. The molecule has 8 nitrogen and oxygen atoms in total. The maximum Gasteiger partial charge on any atom is 0.236 e. The number of hydrogen-bond donors (Lipinski definition) is 0. The van der Waals surface area contributed by atoms with Crippen LogP contribution in [0.5, 0.6) is 11.5 Å². The van der Waals surface area contributed by atoms with Gasteiger partial charge in [-0.25, -0.2) is 0 Å². The van der Waals surface area contributed by atoms with Crippen molar-refractivity contribution in [1.29, 1.82) is 0 Å². The maximum absolute atomic E-state index is 13.9. The van der Waals surface area contributed by atoms with Gasteiger partial charge in [-0.3, -0.25) is 14.5 Å². The van der Waals surface area contributed by atoms with E-state index in [4.69, 9.17) is 21.1 Å². The lowest BCUT2D eigenvalue weighted by Crippen LogP contribution is -2.53. The molecule has 0 bridgehead atoms. The van der Waals surface area contributed by atoms with E-state index in [-0.39, 0.29) is 24.3 Å². The highest BCUT2D eigenvalue weighted by molar-refractivity contribution is 6.30. The summed E-state index contributed by atoms with van der Waals surface area (Å²) in [5, 5.41) is 0.641. The number of fused-ring (bicyclic) bond motifs is 1. The highest BCUT2D eigenvalue weighted by atomic mass is 35.5. The van der Waals surface area contributed by atoms with Gasteiger partial charge in [0.15, 0.2) is 11.5 Å². The van der Waals surface area contributed by atoms with Gasteiger partial charge in [0.2, 0.25) is 11.8 Å². The molecule has 2 heterocycles. The first-order chi connectivity index (χ1) is 22.6. The largest absolute Gasteiger partial charge is 0.492 e. The molecule has 1 atom stereocenters. The first-order valence-corrected chi connectivity index (χ1v) is 17.2. The van der Waals surface area contributed by atoms with E-state index in [1.54, 1.807) is 7.11 Å². The van der Waals surface area contributed by atoms with Gasteiger partial charge in [-0.15, -0.1) is 0 Å². The van der Waals surface area contributed by atoms with Gasteiger partial charge in [0, 0.05) is 61.7 Å². The quantitative estimate of drug-likeness (QED) is 0.259. The molecular formula is C38H47ClN4O4. The van der Waals surface area contributed by atoms with E-state index in [0.29, 0.717) is 35.0 Å². The molecule has 1 saturated heterocycles. The summed E-state index contributed by atoms with van der Waals surface area (Å²) >= 11 is 6.30. The second-order valence-corrected chi connectivity index (χ2v) is 14.0. The van der Waals surface area contributed by atoms with Crippen molar-refractivity contribution in [3.05, 3.63) is 82.4 Å². The number of carbonyl (C=O) groups is 2. The van der Waals surface area contributed by atoms with Crippen LogP contribution in [0.3, 0.4) is 0 Å². The molecule has 47 heavy (non-hydrogen) atoms. The van der Waals surface area contributed by atoms with E-state index in [0.717, 1.165) is 60.5 Å². The third-order valence-corrected chi connectivity index (χ3v) is 10.3. The van der Waals surface area contributed by atoms with Crippen molar-refractivity contribution in [1.82, 2.24) is 9.80 Å². The summed E-state index contributed by atoms with van der Waals surface area (Å²) in [6.07, 6.45) is 4.87. The number of ether oxygens (including phenoxy) is 2. The van der Waals surface area contributed by atoms with E-state index >= 15 is 0 Å². The number of likely N-dealkylation sites (N-methyl/N-ethyl adjacent to an activating group) is 1. The Hall–Kier alpha value is -3.75. The number of methoxy groups -OCH3 is 1. The van der Waals surface area contributed by atoms with Crippen molar-refractivity contribution in [2.24, 2.45) is 5.92 Å². The number of anilines is 2. The Kier molecular flexibility index (Phi) is 9.99. The summed E-state index contributed by atoms with van der Waals surface area (Å²) in [7, 11) is 5.71.